The van der Waals surface area contributed by atoms with E-state index in [1.54, 1.807) is 0 Å². The average molecular weight is 447 g/mol. The van der Waals surface area contributed by atoms with E-state index >= 15 is 0 Å². The third-order valence-corrected chi connectivity index (χ3v) is 3.80. The van der Waals surface area contributed by atoms with Crippen molar-refractivity contribution in [3.63, 3.8) is 0 Å². The van der Waals surface area contributed by atoms with Gasteiger partial charge in [0.15, 0.2) is 5.96 Å². The van der Waals surface area contributed by atoms with Gasteiger partial charge < -0.3 is 48.5 Å². The molecule has 0 aromatic heterocycles. The van der Waals surface area contributed by atoms with Crippen molar-refractivity contribution in [3.05, 3.63) is 0 Å². The number of aliphatic hydroxyl groups excluding tert-OH is 1. The lowest BCUT2D eigenvalue weighted by Crippen LogP contribution is -2.57. The Kier molecular flexibility index (Phi) is 12.2. The molecular formula is C16H29N7O8. The minimum absolute atomic E-state index is 0.0624. The zero-order valence-electron chi connectivity index (χ0n) is 16.9. The molecule has 0 aromatic carbocycles. The number of aliphatic carboxylic acids is 2. The van der Waals surface area contributed by atoms with Crippen LogP contribution in [0.3, 0.4) is 0 Å². The van der Waals surface area contributed by atoms with Gasteiger partial charge in [-0.25, -0.2) is 4.79 Å². The molecule has 3 amide bonds. The number of guanidine groups is 1. The van der Waals surface area contributed by atoms with Gasteiger partial charge in [-0.05, 0) is 19.8 Å². The molecule has 0 radical (unpaired) electrons. The van der Waals surface area contributed by atoms with Crippen molar-refractivity contribution in [2.24, 2.45) is 22.2 Å². The molecule has 31 heavy (non-hydrogen) atoms. The van der Waals surface area contributed by atoms with Crippen molar-refractivity contribution in [3.8, 4) is 0 Å². The molecule has 0 aliphatic heterocycles. The molecule has 176 valence electrons. The number of hydrogen-bond acceptors (Lipinski definition) is 8. The van der Waals surface area contributed by atoms with Crippen molar-refractivity contribution < 1.29 is 39.3 Å². The van der Waals surface area contributed by atoms with Crippen LogP contribution in [-0.2, 0) is 24.0 Å². The van der Waals surface area contributed by atoms with Gasteiger partial charge in [-0.2, -0.15) is 0 Å². The van der Waals surface area contributed by atoms with Gasteiger partial charge in [0.2, 0.25) is 17.7 Å². The minimum Gasteiger partial charge on any atom is -0.481 e. The van der Waals surface area contributed by atoms with Gasteiger partial charge in [-0.3, -0.25) is 24.2 Å². The van der Waals surface area contributed by atoms with Crippen LogP contribution in [0.1, 0.15) is 26.2 Å². The second kappa shape index (κ2) is 13.7. The molecule has 0 bridgehead atoms. The van der Waals surface area contributed by atoms with E-state index in [2.05, 4.69) is 15.6 Å². The lowest BCUT2D eigenvalue weighted by atomic mass is 10.1. The molecule has 12 N–H and O–H groups in total. The Bertz CT molecular complexity index is 693. The minimum atomic E-state index is -1.63. The highest BCUT2D eigenvalue weighted by molar-refractivity contribution is 5.95. The summed E-state index contributed by atoms with van der Waals surface area (Å²) in [6, 6.07) is -5.53. The van der Waals surface area contributed by atoms with Crippen LogP contribution >= 0.6 is 0 Å². The number of carbonyl (C=O) groups excluding carboxylic acids is 3. The van der Waals surface area contributed by atoms with Crippen LogP contribution in [0.5, 0.6) is 0 Å². The number of carboxylic acid groups (broad SMARTS) is 2. The number of carboxylic acids is 2. The van der Waals surface area contributed by atoms with Crippen molar-refractivity contribution in [2.45, 2.75) is 50.4 Å². The van der Waals surface area contributed by atoms with Crippen LogP contribution in [0.15, 0.2) is 4.99 Å². The van der Waals surface area contributed by atoms with Crippen LogP contribution in [0.4, 0.5) is 0 Å². The quantitative estimate of drug-likeness (QED) is 0.0693. The predicted octanol–water partition coefficient (Wildman–Crippen LogP) is -4.61. The summed E-state index contributed by atoms with van der Waals surface area (Å²) in [6.07, 6.45) is -0.670. The van der Waals surface area contributed by atoms with Crippen LogP contribution < -0.4 is 33.2 Å². The molecule has 0 saturated heterocycles. The van der Waals surface area contributed by atoms with Gasteiger partial charge in [0.25, 0.3) is 0 Å². The van der Waals surface area contributed by atoms with Crippen LogP contribution in [-0.4, -0.2) is 88.3 Å². The van der Waals surface area contributed by atoms with Gasteiger partial charge in [0.1, 0.15) is 18.1 Å². The third-order valence-electron chi connectivity index (χ3n) is 3.80. The number of aliphatic imine (C=N–C) groups is 1. The molecule has 0 heterocycles. The van der Waals surface area contributed by atoms with Crippen molar-refractivity contribution >= 4 is 35.6 Å². The summed E-state index contributed by atoms with van der Waals surface area (Å²) in [5.74, 6) is -5.85. The number of aliphatic hydroxyl groups is 1. The first-order chi connectivity index (χ1) is 14.4. The second-order valence-electron chi connectivity index (χ2n) is 6.54. The molecule has 15 heteroatoms. The number of hydrogen-bond donors (Lipinski definition) is 9. The predicted molar refractivity (Wildman–Crippen MR) is 106 cm³/mol. The van der Waals surface area contributed by atoms with E-state index in [1.165, 1.54) is 6.92 Å². The number of nitrogens with zero attached hydrogens (tertiary/aromatic N) is 1. The van der Waals surface area contributed by atoms with Crippen LogP contribution in [0, 0.1) is 0 Å². The van der Waals surface area contributed by atoms with Crippen molar-refractivity contribution in [1.29, 1.82) is 0 Å². The van der Waals surface area contributed by atoms with Gasteiger partial charge in [0, 0.05) is 6.54 Å². The fourth-order valence-corrected chi connectivity index (χ4v) is 2.19. The molecule has 4 atom stereocenters. The number of rotatable bonds is 14. The van der Waals surface area contributed by atoms with E-state index in [9.17, 15) is 24.0 Å². The van der Waals surface area contributed by atoms with Gasteiger partial charge in [0.05, 0.1) is 19.1 Å². The van der Waals surface area contributed by atoms with E-state index in [-0.39, 0.29) is 25.3 Å². The largest absolute Gasteiger partial charge is 0.481 e. The van der Waals surface area contributed by atoms with E-state index < -0.39 is 66.9 Å². The normalized spacial score (nSPS) is 14.3. The summed E-state index contributed by atoms with van der Waals surface area (Å²) in [6.45, 7) is 0.512. The zero-order chi connectivity index (χ0) is 24.1. The number of carbonyl (C=O) groups is 5. The van der Waals surface area contributed by atoms with E-state index in [4.69, 9.17) is 32.5 Å². The molecule has 0 aliphatic rings. The molecule has 15 nitrogen and oxygen atoms in total. The Morgan fingerprint density at radius 1 is 0.903 bits per heavy atom. The topological polar surface area (TPSA) is 273 Å². The zero-order valence-corrected chi connectivity index (χ0v) is 16.9. The number of nitrogens with two attached hydrogens (primary N) is 3. The van der Waals surface area contributed by atoms with E-state index in [0.717, 1.165) is 0 Å². The van der Waals surface area contributed by atoms with Crippen LogP contribution in [0.25, 0.3) is 0 Å². The summed E-state index contributed by atoms with van der Waals surface area (Å²) in [5.41, 5.74) is 15.8. The molecule has 0 aliphatic carbocycles. The monoisotopic (exact) mass is 447 g/mol. The molecule has 0 rings (SSSR count). The standard InChI is InChI=1S/C16H29N7O8/c1-7(17)12(27)22-9(5-11(25)26)14(29)21-8(3-2-4-20-16(18)19)13(28)23-10(6-24)15(30)31/h7-10,24H,2-6,17H2,1H3,(H,21,29)(H,22,27)(H,23,28)(H,25,26)(H,30,31)(H4,18,19,20). The molecular weight excluding hydrogens is 418 g/mol. The van der Waals surface area contributed by atoms with E-state index in [1.807, 2.05) is 5.32 Å². The maximum absolute atomic E-state index is 12.5. The van der Waals surface area contributed by atoms with E-state index in [0.29, 0.717) is 0 Å². The Hall–Kier alpha value is -3.46. The lowest BCUT2D eigenvalue weighted by Gasteiger charge is -2.24. The first-order valence-electron chi connectivity index (χ1n) is 9.16. The first-order valence-corrected chi connectivity index (χ1v) is 9.16. The lowest BCUT2D eigenvalue weighted by molar-refractivity contribution is -0.144. The van der Waals surface area contributed by atoms with Crippen LogP contribution in [0.2, 0.25) is 0 Å². The smallest absolute Gasteiger partial charge is 0.328 e. The Labute approximate surface area is 177 Å². The average Bonchev–Trinajstić information content (AvgIpc) is 2.66. The molecule has 0 aromatic rings. The fraction of sp³-hybridized carbons (Fsp3) is 0.625. The Balaban J connectivity index is 5.45. The number of nitrogens with one attached hydrogen (secondary N) is 3. The van der Waals surface area contributed by atoms with Crippen molar-refractivity contribution in [2.75, 3.05) is 13.2 Å². The fourth-order valence-electron chi connectivity index (χ4n) is 2.19. The molecule has 4 unspecified atom stereocenters. The van der Waals surface area contributed by atoms with Gasteiger partial charge >= 0.3 is 11.9 Å². The van der Waals surface area contributed by atoms with Gasteiger partial charge in [-0.1, -0.05) is 0 Å². The SMILES string of the molecule is CC(N)C(=O)NC(CC(=O)O)C(=O)NC(CCCN=C(N)N)C(=O)NC(CO)C(=O)O. The molecule has 0 spiro atoms. The summed E-state index contributed by atoms with van der Waals surface area (Å²) >= 11 is 0. The Morgan fingerprint density at radius 2 is 1.42 bits per heavy atom. The van der Waals surface area contributed by atoms with Gasteiger partial charge in [-0.15, -0.1) is 0 Å². The maximum atomic E-state index is 12.5. The van der Waals surface area contributed by atoms with Crippen molar-refractivity contribution in [1.82, 2.24) is 16.0 Å². The molecule has 0 saturated carbocycles. The summed E-state index contributed by atoms with van der Waals surface area (Å²) < 4.78 is 0. The highest BCUT2D eigenvalue weighted by Crippen LogP contribution is 2.03. The highest BCUT2D eigenvalue weighted by atomic mass is 16.4. The number of amides is 3. The molecule has 0 fully saturated rings. The second-order valence-corrected chi connectivity index (χ2v) is 6.54. The summed E-state index contributed by atoms with van der Waals surface area (Å²) in [5, 5.41) is 33.5. The Morgan fingerprint density at radius 3 is 1.87 bits per heavy atom. The third kappa shape index (κ3) is 11.3. The maximum Gasteiger partial charge on any atom is 0.328 e. The summed E-state index contributed by atoms with van der Waals surface area (Å²) in [7, 11) is 0. The summed E-state index contributed by atoms with van der Waals surface area (Å²) in [4.78, 5) is 62.6. The first kappa shape index (κ1) is 27.5. The highest BCUT2D eigenvalue weighted by Gasteiger charge is 2.30.